The number of aromatic nitrogens is 6. The van der Waals surface area contributed by atoms with E-state index in [2.05, 4.69) is 251 Å². The molecule has 0 saturated heterocycles. The van der Waals surface area contributed by atoms with Crippen LogP contribution in [-0.4, -0.2) is 28.7 Å². The average molecular weight is 1340 g/mol. The average Bonchev–Trinajstić information content (AvgIpc) is 4.17. The SMILES string of the molecule is CC(C)c1cc(Br)cc(C(C)C)c1-n1ccnc1-c1[c-]cccc1.CC(C)c1cc(Br)cc(C(C)C)c1-n1ccnc1-c1[c-]cccc1.CC(C)c1cc(Br)cc(C(C)C)c1-n1ccnc1-c1[c-]cccc1.[Ir]. The molecule has 0 amide bonds. The summed E-state index contributed by atoms with van der Waals surface area (Å²) in [6, 6.07) is 47.2. The molecule has 0 spiro atoms. The predicted octanol–water partition coefficient (Wildman–Crippen LogP) is 19.0. The topological polar surface area (TPSA) is 53.5 Å². The van der Waals surface area contributed by atoms with E-state index in [1.165, 1.54) is 50.4 Å². The van der Waals surface area contributed by atoms with Crippen molar-refractivity contribution in [2.75, 3.05) is 0 Å². The van der Waals surface area contributed by atoms with E-state index in [0.29, 0.717) is 35.5 Å². The van der Waals surface area contributed by atoms with Crippen LogP contribution in [0.25, 0.3) is 51.2 Å². The van der Waals surface area contributed by atoms with Crippen molar-refractivity contribution >= 4 is 47.8 Å². The van der Waals surface area contributed by atoms with Crippen LogP contribution in [-0.2, 0) is 20.1 Å². The van der Waals surface area contributed by atoms with Crippen LogP contribution in [0.15, 0.2) is 160 Å². The van der Waals surface area contributed by atoms with Crippen molar-refractivity contribution < 1.29 is 20.1 Å². The number of hydrogen-bond acceptors (Lipinski definition) is 3. The number of benzene rings is 6. The zero-order chi connectivity index (χ0) is 51.8. The van der Waals surface area contributed by atoms with Gasteiger partial charge in [0.05, 0.1) is 17.5 Å². The molecule has 9 rings (SSSR count). The fourth-order valence-corrected chi connectivity index (χ4v) is 10.5. The maximum absolute atomic E-state index is 4.61. The molecule has 0 unspecified atom stereocenters. The van der Waals surface area contributed by atoms with Crippen molar-refractivity contribution in [2.45, 2.75) is 119 Å². The van der Waals surface area contributed by atoms with Gasteiger partial charge >= 0.3 is 0 Å². The smallest absolute Gasteiger partial charge is 0.0602 e. The first-order chi connectivity index (χ1) is 34.5. The van der Waals surface area contributed by atoms with E-state index in [-0.39, 0.29) is 20.1 Å². The van der Waals surface area contributed by atoms with E-state index in [4.69, 9.17) is 0 Å². The summed E-state index contributed by atoms with van der Waals surface area (Å²) in [6.07, 6.45) is 11.8. The molecule has 0 saturated carbocycles. The van der Waals surface area contributed by atoms with Crippen molar-refractivity contribution in [3.05, 3.63) is 211 Å². The van der Waals surface area contributed by atoms with E-state index >= 15 is 0 Å². The minimum atomic E-state index is 0. The summed E-state index contributed by atoms with van der Waals surface area (Å²) in [7, 11) is 0. The molecule has 6 aromatic carbocycles. The first kappa shape index (κ1) is 57.3. The van der Waals surface area contributed by atoms with Crippen LogP contribution in [0, 0.1) is 18.2 Å². The molecule has 0 bridgehead atoms. The van der Waals surface area contributed by atoms with E-state index < -0.39 is 0 Å². The molecular formula is C63H66Br3IrN6-3. The number of halogens is 3. The maximum atomic E-state index is 4.61. The van der Waals surface area contributed by atoms with Gasteiger partial charge in [0, 0.05) is 87.8 Å². The molecule has 0 aliphatic rings. The molecule has 3 heterocycles. The fourth-order valence-electron chi connectivity index (χ4n) is 9.05. The molecule has 1 radical (unpaired) electrons. The van der Waals surface area contributed by atoms with Crippen molar-refractivity contribution in [2.24, 2.45) is 0 Å². The van der Waals surface area contributed by atoms with Crippen molar-refractivity contribution in [3.8, 4) is 51.2 Å². The summed E-state index contributed by atoms with van der Waals surface area (Å²) in [6.45, 7) is 26.8. The molecule has 0 aliphatic heterocycles. The summed E-state index contributed by atoms with van der Waals surface area (Å²) < 4.78 is 10.0. The first-order valence-corrected chi connectivity index (χ1v) is 27.4. The summed E-state index contributed by atoms with van der Waals surface area (Å²) >= 11 is 11.0. The minimum Gasteiger partial charge on any atom is -0.340 e. The Hall–Kier alpha value is -4.96. The number of nitrogens with zero attached hydrogens (tertiary/aromatic N) is 6. The Morgan fingerprint density at radius 1 is 0.356 bits per heavy atom. The quantitative estimate of drug-likeness (QED) is 0.115. The molecule has 6 nitrogen and oxygen atoms in total. The van der Waals surface area contributed by atoms with Gasteiger partial charge in [0.15, 0.2) is 0 Å². The van der Waals surface area contributed by atoms with Gasteiger partial charge < -0.3 is 13.7 Å². The molecule has 73 heavy (non-hydrogen) atoms. The van der Waals surface area contributed by atoms with Crippen LogP contribution >= 0.6 is 47.8 Å². The molecule has 0 aliphatic carbocycles. The zero-order valence-corrected chi connectivity index (χ0v) is 51.1. The summed E-state index contributed by atoms with van der Waals surface area (Å²) in [5, 5.41) is 0. The Labute approximate surface area is 473 Å². The van der Waals surface area contributed by atoms with Gasteiger partial charge in [0.1, 0.15) is 0 Å². The monoisotopic (exact) mass is 1340 g/mol. The van der Waals surface area contributed by atoms with Gasteiger partial charge in [-0.15, -0.1) is 108 Å². The van der Waals surface area contributed by atoms with E-state index in [1.807, 2.05) is 73.2 Å². The fraction of sp³-hybridized carbons (Fsp3) is 0.286. The molecule has 10 heteroatoms. The third-order valence-corrected chi connectivity index (χ3v) is 14.0. The van der Waals surface area contributed by atoms with Crippen molar-refractivity contribution in [3.63, 3.8) is 0 Å². The minimum absolute atomic E-state index is 0. The van der Waals surface area contributed by atoms with Crippen molar-refractivity contribution in [1.82, 2.24) is 28.7 Å². The van der Waals surface area contributed by atoms with Gasteiger partial charge in [-0.25, -0.2) is 0 Å². The molecule has 9 aromatic rings. The van der Waals surface area contributed by atoms with Crippen LogP contribution in [0.4, 0.5) is 0 Å². The van der Waals surface area contributed by atoms with Crippen LogP contribution in [0.2, 0.25) is 0 Å². The Kier molecular flexibility index (Phi) is 20.4. The number of hydrogen-bond donors (Lipinski definition) is 0. The normalized spacial score (nSPS) is 11.3. The van der Waals surface area contributed by atoms with Gasteiger partial charge in [-0.1, -0.05) is 131 Å². The standard InChI is InChI=1S/3C21H22BrN2.Ir/c3*1-14(2)18-12-17(22)13-19(15(3)4)20(18)24-11-10-23-21(24)16-8-6-5-7-9-16;/h3*5-8,10-15H,1-4H3;/q3*-1;. The second-order valence-electron chi connectivity index (χ2n) is 19.9. The van der Waals surface area contributed by atoms with Gasteiger partial charge in [-0.3, -0.25) is 15.0 Å². The van der Waals surface area contributed by atoms with Gasteiger partial charge in [-0.2, -0.15) is 0 Å². The Balaban J connectivity index is 0.000000177. The largest absolute Gasteiger partial charge is 0.340 e. The Morgan fingerprint density at radius 3 is 0.753 bits per heavy atom. The number of rotatable bonds is 12. The molecule has 381 valence electrons. The summed E-state index contributed by atoms with van der Waals surface area (Å²) in [4.78, 5) is 13.8. The maximum Gasteiger partial charge on any atom is 0.0602 e. The first-order valence-electron chi connectivity index (χ1n) is 25.0. The second kappa shape index (κ2) is 26.0. The van der Waals surface area contributed by atoms with Gasteiger partial charge in [0.2, 0.25) is 0 Å². The van der Waals surface area contributed by atoms with Crippen molar-refractivity contribution in [1.29, 1.82) is 0 Å². The second-order valence-corrected chi connectivity index (χ2v) is 22.7. The molecular weight excluding hydrogens is 1270 g/mol. The van der Waals surface area contributed by atoms with E-state index in [1.54, 1.807) is 0 Å². The van der Waals surface area contributed by atoms with Gasteiger partial charge in [0.25, 0.3) is 0 Å². The predicted molar refractivity (Wildman–Crippen MR) is 311 cm³/mol. The Bertz CT molecular complexity index is 2760. The van der Waals surface area contributed by atoms with Crippen LogP contribution in [0.5, 0.6) is 0 Å². The molecule has 0 atom stereocenters. The van der Waals surface area contributed by atoms with Gasteiger partial charge in [-0.05, 0) is 105 Å². The molecule has 0 fully saturated rings. The number of imidazole rings is 3. The molecule has 3 aromatic heterocycles. The Morgan fingerprint density at radius 2 is 0.575 bits per heavy atom. The van der Waals surface area contributed by atoms with Crippen LogP contribution in [0.3, 0.4) is 0 Å². The van der Waals surface area contributed by atoms with E-state index in [9.17, 15) is 0 Å². The summed E-state index contributed by atoms with van der Waals surface area (Å²) in [5.41, 5.74) is 14.7. The third kappa shape index (κ3) is 13.5. The zero-order valence-electron chi connectivity index (χ0n) is 44.0. The van der Waals surface area contributed by atoms with E-state index in [0.717, 1.165) is 47.6 Å². The van der Waals surface area contributed by atoms with Crippen LogP contribution < -0.4 is 0 Å². The summed E-state index contributed by atoms with van der Waals surface area (Å²) in [5.74, 6) is 5.32. The molecule has 0 N–H and O–H groups in total. The van der Waals surface area contributed by atoms with Crippen LogP contribution in [0.1, 0.15) is 152 Å². The third-order valence-electron chi connectivity index (χ3n) is 12.6.